The van der Waals surface area contributed by atoms with E-state index in [1.807, 2.05) is 0 Å². The molecule has 0 heterocycles. The molecule has 6 nitrogen and oxygen atoms in total. The Balaban J connectivity index is 1.89. The molecule has 1 aliphatic rings. The lowest BCUT2D eigenvalue weighted by Gasteiger charge is -2.20. The molecule has 1 amide bonds. The molecule has 0 bridgehead atoms. The van der Waals surface area contributed by atoms with Gasteiger partial charge in [-0.1, -0.05) is 43.5 Å². The van der Waals surface area contributed by atoms with E-state index < -0.39 is 26.8 Å². The van der Waals surface area contributed by atoms with Gasteiger partial charge in [0.05, 0.1) is 11.8 Å². The fraction of sp³-hybridized carbons (Fsp3) is 0.364. The van der Waals surface area contributed by atoms with Crippen LogP contribution in [0.5, 0.6) is 0 Å². The van der Waals surface area contributed by atoms with Crippen LogP contribution in [0.4, 0.5) is 13.2 Å². The Labute approximate surface area is 184 Å². The Morgan fingerprint density at radius 2 is 1.78 bits per heavy atom. The Hall–Kier alpha value is -2.72. The third-order valence-corrected chi connectivity index (χ3v) is 6.34. The zero-order valence-electron chi connectivity index (χ0n) is 17.1. The standard InChI is InChI=1S/C22H23F3N2O4S/c23-22(24,25)17-10-11-20(32(29,30)31)19(13-17)18-9-5-4-8-16(18)14-26-27-21(28)12-15-6-2-1-3-7-15/h4-5,8-11,13-15H,1-3,6-7,12H2,(H,27,28)(H,29,30,31)/b26-14-. The van der Waals surface area contributed by atoms with Crippen LogP contribution in [0.25, 0.3) is 11.1 Å². The van der Waals surface area contributed by atoms with Crippen molar-refractivity contribution in [3.63, 3.8) is 0 Å². The number of benzene rings is 2. The summed E-state index contributed by atoms with van der Waals surface area (Å²) in [5, 5.41) is 3.90. The van der Waals surface area contributed by atoms with Gasteiger partial charge in [0.15, 0.2) is 0 Å². The molecular formula is C22H23F3N2O4S. The van der Waals surface area contributed by atoms with E-state index in [1.165, 1.54) is 30.8 Å². The highest BCUT2D eigenvalue weighted by Crippen LogP contribution is 2.36. The van der Waals surface area contributed by atoms with Crippen LogP contribution in [0.2, 0.25) is 0 Å². The number of rotatable bonds is 6. The molecule has 172 valence electrons. The van der Waals surface area contributed by atoms with Gasteiger partial charge in [-0.05, 0) is 42.5 Å². The van der Waals surface area contributed by atoms with Gasteiger partial charge in [-0.25, -0.2) is 5.43 Å². The largest absolute Gasteiger partial charge is 0.416 e. The van der Waals surface area contributed by atoms with E-state index in [4.69, 9.17) is 0 Å². The molecule has 1 aliphatic carbocycles. The molecule has 1 saturated carbocycles. The fourth-order valence-corrected chi connectivity index (χ4v) is 4.56. The summed E-state index contributed by atoms with van der Waals surface area (Å²) in [4.78, 5) is 11.5. The lowest BCUT2D eigenvalue weighted by atomic mass is 9.87. The smallest absolute Gasteiger partial charge is 0.282 e. The van der Waals surface area contributed by atoms with E-state index in [1.54, 1.807) is 6.07 Å². The van der Waals surface area contributed by atoms with Crippen LogP contribution in [0.1, 0.15) is 49.7 Å². The Bertz CT molecular complexity index is 1110. The topological polar surface area (TPSA) is 95.8 Å². The Morgan fingerprint density at radius 3 is 2.44 bits per heavy atom. The highest BCUT2D eigenvalue weighted by Gasteiger charge is 2.32. The first-order valence-electron chi connectivity index (χ1n) is 10.2. The summed E-state index contributed by atoms with van der Waals surface area (Å²) < 4.78 is 72.7. The molecule has 10 heteroatoms. The van der Waals surface area contributed by atoms with Crippen LogP contribution in [0.3, 0.4) is 0 Å². The van der Waals surface area contributed by atoms with Crippen molar-refractivity contribution in [3.05, 3.63) is 53.6 Å². The van der Waals surface area contributed by atoms with Crippen LogP contribution < -0.4 is 5.43 Å². The number of amides is 1. The molecule has 3 rings (SSSR count). The number of alkyl halides is 3. The summed E-state index contributed by atoms with van der Waals surface area (Å²) in [6.45, 7) is 0. The first-order chi connectivity index (χ1) is 15.1. The van der Waals surface area contributed by atoms with Crippen molar-refractivity contribution >= 4 is 22.2 Å². The minimum Gasteiger partial charge on any atom is -0.282 e. The third kappa shape index (κ3) is 6.17. The summed E-state index contributed by atoms with van der Waals surface area (Å²) in [6.07, 6.45) is 2.24. The van der Waals surface area contributed by atoms with Crippen LogP contribution in [-0.4, -0.2) is 25.1 Å². The molecule has 32 heavy (non-hydrogen) atoms. The Morgan fingerprint density at radius 1 is 1.09 bits per heavy atom. The van der Waals surface area contributed by atoms with Crippen LogP contribution in [0, 0.1) is 5.92 Å². The molecule has 0 saturated heterocycles. The monoisotopic (exact) mass is 468 g/mol. The molecule has 1 fully saturated rings. The quantitative estimate of drug-likeness (QED) is 0.353. The predicted molar refractivity (Wildman–Crippen MR) is 114 cm³/mol. The molecule has 2 aromatic carbocycles. The summed E-state index contributed by atoms with van der Waals surface area (Å²) in [5.41, 5.74) is 1.42. The molecule has 0 unspecified atom stereocenters. The predicted octanol–water partition coefficient (Wildman–Crippen LogP) is 5.04. The van der Waals surface area contributed by atoms with E-state index >= 15 is 0 Å². The van der Waals surface area contributed by atoms with Crippen molar-refractivity contribution in [2.24, 2.45) is 11.0 Å². The minimum atomic E-state index is -4.79. The highest BCUT2D eigenvalue weighted by molar-refractivity contribution is 7.86. The maximum atomic E-state index is 13.2. The van der Waals surface area contributed by atoms with E-state index in [0.29, 0.717) is 30.5 Å². The van der Waals surface area contributed by atoms with Gasteiger partial charge in [-0.2, -0.15) is 26.7 Å². The Kier molecular flexibility index (Phi) is 7.35. The fourth-order valence-electron chi connectivity index (χ4n) is 3.87. The zero-order valence-corrected chi connectivity index (χ0v) is 17.9. The van der Waals surface area contributed by atoms with Gasteiger partial charge in [0.2, 0.25) is 5.91 Å². The van der Waals surface area contributed by atoms with Gasteiger partial charge in [0.25, 0.3) is 10.1 Å². The first-order valence-corrected chi connectivity index (χ1v) is 11.6. The number of hydrogen-bond acceptors (Lipinski definition) is 4. The number of hydrogen-bond donors (Lipinski definition) is 2. The first kappa shape index (κ1) is 23.9. The van der Waals surface area contributed by atoms with Crippen molar-refractivity contribution in [2.75, 3.05) is 0 Å². The number of halogens is 3. The van der Waals surface area contributed by atoms with Gasteiger partial charge < -0.3 is 0 Å². The second-order valence-corrected chi connectivity index (χ2v) is 9.16. The van der Waals surface area contributed by atoms with Gasteiger partial charge in [-0.3, -0.25) is 9.35 Å². The van der Waals surface area contributed by atoms with E-state index in [9.17, 15) is 30.9 Å². The number of carbonyl (C=O) groups is 1. The van der Waals surface area contributed by atoms with E-state index in [2.05, 4.69) is 10.5 Å². The number of hydrazone groups is 1. The summed E-state index contributed by atoms with van der Waals surface area (Å²) >= 11 is 0. The van der Waals surface area contributed by atoms with Crippen molar-refractivity contribution in [1.29, 1.82) is 0 Å². The van der Waals surface area contributed by atoms with Crippen LogP contribution >= 0.6 is 0 Å². The minimum absolute atomic E-state index is 0.108. The van der Waals surface area contributed by atoms with Crippen molar-refractivity contribution in [1.82, 2.24) is 5.43 Å². The molecular weight excluding hydrogens is 445 g/mol. The van der Waals surface area contributed by atoms with E-state index in [0.717, 1.165) is 25.7 Å². The maximum Gasteiger partial charge on any atom is 0.416 e. The molecule has 0 atom stereocenters. The lowest BCUT2D eigenvalue weighted by molar-refractivity contribution is -0.137. The molecule has 0 aromatic heterocycles. The lowest BCUT2D eigenvalue weighted by Crippen LogP contribution is -2.22. The zero-order chi connectivity index (χ0) is 23.4. The maximum absolute atomic E-state index is 13.2. The second-order valence-electron chi connectivity index (χ2n) is 7.77. The van der Waals surface area contributed by atoms with Crippen molar-refractivity contribution in [3.8, 4) is 11.1 Å². The van der Waals surface area contributed by atoms with Crippen LogP contribution in [-0.2, 0) is 21.1 Å². The number of nitrogens with zero attached hydrogens (tertiary/aromatic N) is 1. The van der Waals surface area contributed by atoms with Crippen molar-refractivity contribution < 1.29 is 30.9 Å². The molecule has 2 N–H and O–H groups in total. The number of carbonyl (C=O) groups excluding carboxylic acids is 1. The highest BCUT2D eigenvalue weighted by atomic mass is 32.2. The molecule has 2 aromatic rings. The second kappa shape index (κ2) is 9.83. The van der Waals surface area contributed by atoms with Gasteiger partial charge >= 0.3 is 6.18 Å². The summed E-state index contributed by atoms with van der Waals surface area (Å²) in [5.74, 6) is 0.0528. The van der Waals surface area contributed by atoms with Crippen molar-refractivity contribution in [2.45, 2.75) is 49.6 Å². The average molecular weight is 468 g/mol. The molecule has 0 radical (unpaired) electrons. The van der Waals surface area contributed by atoms with Gasteiger partial charge in [0, 0.05) is 17.5 Å². The summed E-state index contributed by atoms with van der Waals surface area (Å²) in [6, 6.07) is 8.01. The van der Waals surface area contributed by atoms with Gasteiger partial charge in [-0.15, -0.1) is 0 Å². The normalized spacial score (nSPS) is 15.8. The molecule has 0 aliphatic heterocycles. The number of nitrogens with one attached hydrogen (secondary N) is 1. The van der Waals surface area contributed by atoms with Crippen LogP contribution in [0.15, 0.2) is 52.5 Å². The average Bonchev–Trinajstić information content (AvgIpc) is 2.73. The van der Waals surface area contributed by atoms with E-state index in [-0.39, 0.29) is 22.6 Å². The summed E-state index contributed by atoms with van der Waals surface area (Å²) in [7, 11) is -4.79. The molecule has 0 spiro atoms. The third-order valence-electron chi connectivity index (χ3n) is 5.43. The SMILES string of the molecule is O=C(CC1CCCCC1)N/N=C\c1ccccc1-c1cc(C(F)(F)F)ccc1S(=O)(=O)O. The van der Waals surface area contributed by atoms with Gasteiger partial charge in [0.1, 0.15) is 4.90 Å².